The summed E-state index contributed by atoms with van der Waals surface area (Å²) in [5, 5.41) is 0. The molecular formula is C13H22N6O. The Hall–Kier alpha value is -1.89. The van der Waals surface area contributed by atoms with Crippen LogP contribution in [0.15, 0.2) is 6.07 Å². The lowest BCUT2D eigenvalue weighted by molar-refractivity contribution is -0.116. The predicted molar refractivity (Wildman–Crippen MR) is 78.1 cm³/mol. The lowest BCUT2D eigenvalue weighted by Crippen LogP contribution is -2.35. The van der Waals surface area contributed by atoms with Crippen LogP contribution < -0.4 is 21.9 Å². The van der Waals surface area contributed by atoms with E-state index in [0.717, 1.165) is 38.1 Å². The number of hydrogen-bond acceptors (Lipinski definition) is 6. The van der Waals surface area contributed by atoms with Gasteiger partial charge in [-0.3, -0.25) is 4.79 Å². The van der Waals surface area contributed by atoms with E-state index in [1.54, 1.807) is 6.07 Å². The molecule has 2 rings (SSSR count). The molecule has 1 aromatic heterocycles. The van der Waals surface area contributed by atoms with Crippen LogP contribution in [0.5, 0.6) is 0 Å². The Morgan fingerprint density at radius 3 is 2.80 bits per heavy atom. The highest BCUT2D eigenvalue weighted by molar-refractivity contribution is 5.79. The Bertz CT molecular complexity index is 474. The quantitative estimate of drug-likeness (QED) is 0.477. The fraction of sp³-hybridized carbons (Fsp3) is 0.615. The van der Waals surface area contributed by atoms with Crippen molar-refractivity contribution in [3.8, 4) is 0 Å². The Morgan fingerprint density at radius 1 is 1.50 bits per heavy atom. The maximum atomic E-state index is 11.2. The Kier molecular flexibility index (Phi) is 4.73. The largest absolute Gasteiger partial charge is 0.368 e. The fourth-order valence-electron chi connectivity index (χ4n) is 2.02. The van der Waals surface area contributed by atoms with Crippen LogP contribution in [0, 0.1) is 0 Å². The number of hydrogen-bond donors (Lipinski definition) is 3. The first-order valence-electron chi connectivity index (χ1n) is 7.03. The summed E-state index contributed by atoms with van der Waals surface area (Å²) >= 11 is 0. The minimum absolute atomic E-state index is 0.158. The molecule has 1 aliphatic carbocycles. The molecule has 1 aromatic rings. The average Bonchev–Trinajstić information content (AvgIpc) is 3.27. The van der Waals surface area contributed by atoms with Gasteiger partial charge in [0.15, 0.2) is 0 Å². The van der Waals surface area contributed by atoms with Crippen LogP contribution in [0.1, 0.15) is 44.3 Å². The van der Waals surface area contributed by atoms with Crippen molar-refractivity contribution in [3.05, 3.63) is 11.9 Å². The zero-order valence-electron chi connectivity index (χ0n) is 11.8. The molecule has 20 heavy (non-hydrogen) atoms. The topological polar surface area (TPSA) is 110 Å². The van der Waals surface area contributed by atoms with E-state index in [1.165, 1.54) is 0 Å². The summed E-state index contributed by atoms with van der Waals surface area (Å²) < 4.78 is 0. The Balaban J connectivity index is 2.24. The highest BCUT2D eigenvalue weighted by Crippen LogP contribution is 2.39. The van der Waals surface area contributed by atoms with Crippen molar-refractivity contribution in [2.75, 3.05) is 23.4 Å². The summed E-state index contributed by atoms with van der Waals surface area (Å²) in [4.78, 5) is 22.0. The van der Waals surface area contributed by atoms with Crippen molar-refractivity contribution in [1.29, 1.82) is 0 Å². The van der Waals surface area contributed by atoms with Gasteiger partial charge in [-0.05, 0) is 19.3 Å². The van der Waals surface area contributed by atoms with Gasteiger partial charge in [0.1, 0.15) is 17.5 Å². The molecule has 1 amide bonds. The molecule has 7 heteroatoms. The molecule has 0 aliphatic heterocycles. The molecule has 0 spiro atoms. The normalized spacial score (nSPS) is 14.1. The molecule has 0 bridgehead atoms. The minimum atomic E-state index is -0.366. The Morgan fingerprint density at radius 2 is 2.25 bits per heavy atom. The SMILES string of the molecule is CCCCN(CC(N)=O)c1cc(NN)nc(C2CC2)n1. The van der Waals surface area contributed by atoms with Crippen LogP contribution in [-0.4, -0.2) is 29.0 Å². The van der Waals surface area contributed by atoms with Gasteiger partial charge in [-0.25, -0.2) is 15.8 Å². The molecule has 1 heterocycles. The van der Waals surface area contributed by atoms with E-state index in [9.17, 15) is 4.79 Å². The summed E-state index contributed by atoms with van der Waals surface area (Å²) in [6.45, 7) is 3.00. The number of hydrazine groups is 1. The van der Waals surface area contributed by atoms with E-state index in [4.69, 9.17) is 11.6 Å². The summed E-state index contributed by atoms with van der Waals surface area (Å²) in [5.41, 5.74) is 7.88. The number of aromatic nitrogens is 2. The van der Waals surface area contributed by atoms with Crippen LogP contribution in [0.25, 0.3) is 0 Å². The van der Waals surface area contributed by atoms with Gasteiger partial charge in [0.25, 0.3) is 0 Å². The molecule has 0 aromatic carbocycles. The third-order valence-corrected chi connectivity index (χ3v) is 3.27. The number of carbonyl (C=O) groups excluding carboxylic acids is 1. The van der Waals surface area contributed by atoms with Gasteiger partial charge in [0, 0.05) is 18.5 Å². The first kappa shape index (κ1) is 14.5. The molecule has 1 saturated carbocycles. The van der Waals surface area contributed by atoms with Crippen LogP contribution >= 0.6 is 0 Å². The van der Waals surface area contributed by atoms with E-state index in [0.29, 0.717) is 17.6 Å². The van der Waals surface area contributed by atoms with Crippen molar-refractivity contribution in [2.24, 2.45) is 11.6 Å². The first-order chi connectivity index (χ1) is 9.63. The number of rotatable bonds is 8. The van der Waals surface area contributed by atoms with Gasteiger partial charge in [0.05, 0.1) is 6.54 Å². The zero-order chi connectivity index (χ0) is 14.5. The van der Waals surface area contributed by atoms with Gasteiger partial charge < -0.3 is 16.1 Å². The highest BCUT2D eigenvalue weighted by Gasteiger charge is 2.28. The van der Waals surface area contributed by atoms with Gasteiger partial charge in [0.2, 0.25) is 5.91 Å². The van der Waals surface area contributed by atoms with Gasteiger partial charge >= 0.3 is 0 Å². The Labute approximate surface area is 118 Å². The molecular weight excluding hydrogens is 256 g/mol. The fourth-order valence-corrected chi connectivity index (χ4v) is 2.02. The first-order valence-corrected chi connectivity index (χ1v) is 7.03. The number of nitrogens with one attached hydrogen (secondary N) is 1. The second kappa shape index (κ2) is 6.51. The number of primary amides is 1. The second-order valence-electron chi connectivity index (χ2n) is 5.13. The molecule has 0 unspecified atom stereocenters. The van der Waals surface area contributed by atoms with Gasteiger partial charge in [-0.15, -0.1) is 0 Å². The third-order valence-electron chi connectivity index (χ3n) is 3.27. The summed E-state index contributed by atoms with van der Waals surface area (Å²) in [6, 6.07) is 1.75. The number of carbonyl (C=O) groups is 1. The maximum Gasteiger partial charge on any atom is 0.236 e. The van der Waals surface area contributed by atoms with E-state index in [2.05, 4.69) is 22.3 Å². The zero-order valence-corrected chi connectivity index (χ0v) is 11.8. The van der Waals surface area contributed by atoms with Crippen LogP contribution in [-0.2, 0) is 4.79 Å². The van der Waals surface area contributed by atoms with E-state index in [-0.39, 0.29) is 12.5 Å². The lowest BCUT2D eigenvalue weighted by Gasteiger charge is -2.23. The number of nitrogen functional groups attached to an aromatic ring is 1. The predicted octanol–water partition coefficient (Wildman–Crippen LogP) is 0.731. The van der Waals surface area contributed by atoms with Crippen molar-refractivity contribution >= 4 is 17.5 Å². The molecule has 0 radical (unpaired) electrons. The maximum absolute atomic E-state index is 11.2. The third kappa shape index (κ3) is 3.80. The summed E-state index contributed by atoms with van der Waals surface area (Å²) in [6.07, 6.45) is 4.23. The monoisotopic (exact) mass is 278 g/mol. The smallest absolute Gasteiger partial charge is 0.236 e. The molecule has 7 nitrogen and oxygen atoms in total. The van der Waals surface area contributed by atoms with Crippen LogP contribution in [0.2, 0.25) is 0 Å². The second-order valence-corrected chi connectivity index (χ2v) is 5.13. The standard InChI is InChI=1S/C13H22N6O/c1-2-3-6-19(8-10(14)20)12-7-11(18-15)16-13(17-12)9-4-5-9/h7,9H,2-6,8,15H2,1H3,(H2,14,20)(H,16,17,18). The molecule has 1 aliphatic rings. The number of amides is 1. The molecule has 0 atom stereocenters. The lowest BCUT2D eigenvalue weighted by atomic mass is 10.3. The van der Waals surface area contributed by atoms with Crippen molar-refractivity contribution in [3.63, 3.8) is 0 Å². The molecule has 110 valence electrons. The van der Waals surface area contributed by atoms with E-state index in [1.807, 2.05) is 4.90 Å². The molecule has 1 fully saturated rings. The van der Waals surface area contributed by atoms with Crippen molar-refractivity contribution in [2.45, 2.75) is 38.5 Å². The number of unbranched alkanes of at least 4 members (excludes halogenated alkanes) is 1. The molecule has 0 saturated heterocycles. The van der Waals surface area contributed by atoms with Gasteiger partial charge in [-0.2, -0.15) is 0 Å². The van der Waals surface area contributed by atoms with E-state index < -0.39 is 0 Å². The average molecular weight is 278 g/mol. The van der Waals surface area contributed by atoms with Crippen LogP contribution in [0.4, 0.5) is 11.6 Å². The number of anilines is 2. The number of nitrogens with zero attached hydrogens (tertiary/aromatic N) is 3. The van der Waals surface area contributed by atoms with Crippen molar-refractivity contribution in [1.82, 2.24) is 9.97 Å². The van der Waals surface area contributed by atoms with Gasteiger partial charge in [-0.1, -0.05) is 13.3 Å². The van der Waals surface area contributed by atoms with E-state index >= 15 is 0 Å². The minimum Gasteiger partial charge on any atom is -0.368 e. The number of nitrogens with two attached hydrogens (primary N) is 2. The summed E-state index contributed by atoms with van der Waals surface area (Å²) in [7, 11) is 0. The van der Waals surface area contributed by atoms with Crippen molar-refractivity contribution < 1.29 is 4.79 Å². The van der Waals surface area contributed by atoms with Crippen LogP contribution in [0.3, 0.4) is 0 Å². The highest BCUT2D eigenvalue weighted by atomic mass is 16.1. The molecule has 5 N–H and O–H groups in total. The summed E-state index contributed by atoms with van der Waals surface area (Å²) in [5.74, 6) is 7.59.